The summed E-state index contributed by atoms with van der Waals surface area (Å²) in [6, 6.07) is 0.273. The van der Waals surface area contributed by atoms with Gasteiger partial charge in [-0.3, -0.25) is 9.37 Å². The Morgan fingerprint density at radius 1 is 1.28 bits per heavy atom. The molecule has 0 aliphatic carbocycles. The quantitative estimate of drug-likeness (QED) is 0.484. The van der Waals surface area contributed by atoms with Gasteiger partial charge in [0.2, 0.25) is 5.72 Å². The molecule has 5 heterocycles. The summed E-state index contributed by atoms with van der Waals surface area (Å²) in [5.41, 5.74) is -1.24. The number of carboxylic acid groups (broad SMARTS) is 1. The molecule has 29 heavy (non-hydrogen) atoms. The summed E-state index contributed by atoms with van der Waals surface area (Å²) >= 11 is 0. The minimum absolute atomic E-state index is 0.0326. The zero-order valence-electron chi connectivity index (χ0n) is 17.5. The van der Waals surface area contributed by atoms with Crippen LogP contribution in [-0.4, -0.2) is 57.4 Å². The predicted molar refractivity (Wildman–Crippen MR) is 107 cm³/mol. The third-order valence-electron chi connectivity index (χ3n) is 7.61. The highest BCUT2D eigenvalue weighted by molar-refractivity contribution is 5.81. The van der Waals surface area contributed by atoms with Crippen LogP contribution < -0.4 is 10.6 Å². The molecule has 7 atom stereocenters. The van der Waals surface area contributed by atoms with E-state index in [1.54, 1.807) is 0 Å². The van der Waals surface area contributed by atoms with E-state index in [-0.39, 0.29) is 18.2 Å². The first-order valence-corrected chi connectivity index (χ1v) is 11.4. The van der Waals surface area contributed by atoms with Crippen LogP contribution in [0.3, 0.4) is 0 Å². The van der Waals surface area contributed by atoms with E-state index in [1.165, 1.54) is 0 Å². The summed E-state index contributed by atoms with van der Waals surface area (Å²) in [5, 5.41) is 17.5. The van der Waals surface area contributed by atoms with Crippen molar-refractivity contribution in [3.05, 3.63) is 12.2 Å². The van der Waals surface area contributed by atoms with Crippen LogP contribution in [0.25, 0.3) is 0 Å². The molecule has 0 amide bonds. The lowest BCUT2D eigenvalue weighted by atomic mass is 9.80. The number of carboxylic acids is 1. The number of carbonyl (C=O) groups is 1. The van der Waals surface area contributed by atoms with E-state index in [9.17, 15) is 9.90 Å². The molecular formula is C22H34N3O4+. The van der Waals surface area contributed by atoms with Crippen molar-refractivity contribution in [3.8, 4) is 0 Å². The third kappa shape index (κ3) is 3.08. The molecule has 2 saturated heterocycles. The second-order valence-electron chi connectivity index (χ2n) is 9.56. The van der Waals surface area contributed by atoms with Gasteiger partial charge in [0.1, 0.15) is 0 Å². The van der Waals surface area contributed by atoms with Crippen molar-refractivity contribution in [2.45, 2.75) is 107 Å². The average Bonchev–Trinajstić information content (AvgIpc) is 2.96. The molecule has 7 heteroatoms. The largest absolute Gasteiger partial charge is 0.481 e. The van der Waals surface area contributed by atoms with Crippen molar-refractivity contribution in [3.63, 3.8) is 0 Å². The highest BCUT2D eigenvalue weighted by Crippen LogP contribution is 2.45. The maximum Gasteiger partial charge on any atom is 0.350 e. The molecule has 7 nitrogen and oxygen atoms in total. The molecule has 0 aromatic rings. The molecule has 0 radical (unpaired) electrons. The summed E-state index contributed by atoms with van der Waals surface area (Å²) in [5.74, 6) is -0.389. The number of rotatable bonds is 2. The molecule has 5 aliphatic rings. The highest BCUT2D eigenvalue weighted by atomic mass is 16.5. The van der Waals surface area contributed by atoms with Crippen LogP contribution in [0.1, 0.15) is 71.6 Å². The Kier molecular flexibility index (Phi) is 4.66. The number of nitrogens with one attached hydrogen (secondary N) is 2. The first kappa shape index (κ1) is 19.4. The molecule has 160 valence electrons. The minimum atomic E-state index is -0.840. The topological polar surface area (TPSA) is 82.8 Å². The van der Waals surface area contributed by atoms with Crippen molar-refractivity contribution >= 4 is 11.9 Å². The fourth-order valence-electron chi connectivity index (χ4n) is 6.41. The van der Waals surface area contributed by atoms with E-state index >= 15 is 0 Å². The summed E-state index contributed by atoms with van der Waals surface area (Å²) < 4.78 is 15.3. The monoisotopic (exact) mass is 404 g/mol. The van der Waals surface area contributed by atoms with E-state index in [2.05, 4.69) is 41.2 Å². The summed E-state index contributed by atoms with van der Waals surface area (Å²) in [6.07, 6.45) is 12.9. The number of guanidine groups is 1. The molecule has 2 fully saturated rings. The maximum atomic E-state index is 12.4. The molecular weight excluding hydrogens is 370 g/mol. The smallest absolute Gasteiger partial charge is 0.350 e. The van der Waals surface area contributed by atoms with Crippen molar-refractivity contribution < 1.29 is 24.0 Å². The van der Waals surface area contributed by atoms with Crippen LogP contribution in [0, 0.1) is 5.92 Å². The van der Waals surface area contributed by atoms with Crippen molar-refractivity contribution in [2.24, 2.45) is 5.92 Å². The lowest BCUT2D eigenvalue weighted by Gasteiger charge is -2.50. The van der Waals surface area contributed by atoms with Crippen molar-refractivity contribution in [2.75, 3.05) is 0 Å². The number of allylic oxidation sites excluding steroid dienone is 1. The normalized spacial score (nSPS) is 46.2. The summed E-state index contributed by atoms with van der Waals surface area (Å²) in [7, 11) is 0. The van der Waals surface area contributed by atoms with Crippen LogP contribution in [0.15, 0.2) is 12.2 Å². The van der Waals surface area contributed by atoms with E-state index in [0.717, 1.165) is 63.7 Å². The average molecular weight is 405 g/mol. The van der Waals surface area contributed by atoms with Gasteiger partial charge in [-0.25, -0.2) is 10.6 Å². The molecule has 0 saturated carbocycles. The Hall–Kier alpha value is -1.60. The molecule has 2 spiro atoms. The van der Waals surface area contributed by atoms with Gasteiger partial charge >= 0.3 is 11.9 Å². The Morgan fingerprint density at radius 2 is 2.14 bits per heavy atom. The van der Waals surface area contributed by atoms with E-state index in [4.69, 9.17) is 9.47 Å². The van der Waals surface area contributed by atoms with Gasteiger partial charge in [-0.1, -0.05) is 19.1 Å². The van der Waals surface area contributed by atoms with Gasteiger partial charge in [0.15, 0.2) is 11.6 Å². The molecule has 5 rings (SSSR count). The maximum absolute atomic E-state index is 12.4. The van der Waals surface area contributed by atoms with Gasteiger partial charge in [0, 0.05) is 19.3 Å². The molecule has 0 unspecified atom stereocenters. The van der Waals surface area contributed by atoms with E-state index < -0.39 is 23.3 Å². The summed E-state index contributed by atoms with van der Waals surface area (Å²) in [4.78, 5) is 12.4. The fraction of sp³-hybridized carbons (Fsp3) is 0.818. The number of hydrogen-bond donors (Lipinski definition) is 3. The fourth-order valence-corrected chi connectivity index (χ4v) is 6.41. The zero-order chi connectivity index (χ0) is 20.2. The van der Waals surface area contributed by atoms with Crippen LogP contribution in [0.2, 0.25) is 0 Å². The van der Waals surface area contributed by atoms with Crippen LogP contribution in [0.4, 0.5) is 0 Å². The number of aliphatic carboxylic acids is 1. The standard InChI is InChI=1S/C22H33N3O4/c1-3-16-8-4-5-11-21(29-16)13-15-9-10-17-18(19(26)27)22(12-6-7-14(2)28-22)24-20(23-21)25(15)17/h4,8,14-18H,3,5-7,9-13H2,1-2H3,(H2,23,24,26,27)/p+1/t14-,15+,16+,17-,18+,21+,22+/m1/s1. The van der Waals surface area contributed by atoms with Gasteiger partial charge in [-0.15, -0.1) is 0 Å². The molecule has 3 N–H and O–H groups in total. The predicted octanol–water partition coefficient (Wildman–Crippen LogP) is 2.31. The van der Waals surface area contributed by atoms with Gasteiger partial charge in [-0.05, 0) is 45.4 Å². The second-order valence-corrected chi connectivity index (χ2v) is 9.56. The third-order valence-corrected chi connectivity index (χ3v) is 7.61. The second kappa shape index (κ2) is 6.98. The lowest BCUT2D eigenvalue weighted by Crippen LogP contribution is -2.76. The minimum Gasteiger partial charge on any atom is -0.481 e. The zero-order valence-corrected chi connectivity index (χ0v) is 17.5. The first-order valence-electron chi connectivity index (χ1n) is 11.4. The SMILES string of the molecule is CC[C@H]1C=CCC[C@@]2(C[C@@H]3CC[C@@H]4[C@@H](C(=O)O)[C@@]5(CCC[C@@H](C)O5)NC(=[N+]34)N2)O1. The van der Waals surface area contributed by atoms with Crippen molar-refractivity contribution in [1.29, 1.82) is 0 Å². The van der Waals surface area contributed by atoms with Gasteiger partial charge < -0.3 is 14.6 Å². The number of hydrogen-bond acceptors (Lipinski definition) is 5. The Bertz CT molecular complexity index is 752. The Labute approximate surface area is 172 Å². The van der Waals surface area contributed by atoms with Crippen LogP contribution in [0.5, 0.6) is 0 Å². The van der Waals surface area contributed by atoms with E-state index in [1.807, 2.05) is 0 Å². The van der Waals surface area contributed by atoms with Gasteiger partial charge in [0.25, 0.3) is 0 Å². The Morgan fingerprint density at radius 3 is 2.90 bits per heavy atom. The van der Waals surface area contributed by atoms with Crippen LogP contribution >= 0.6 is 0 Å². The van der Waals surface area contributed by atoms with Crippen molar-refractivity contribution in [1.82, 2.24) is 10.6 Å². The lowest BCUT2D eigenvalue weighted by molar-refractivity contribution is -0.609. The highest BCUT2D eigenvalue weighted by Gasteiger charge is 2.64. The summed E-state index contributed by atoms with van der Waals surface area (Å²) in [6.45, 7) is 4.21. The number of nitrogens with zero attached hydrogens (tertiary/aromatic N) is 1. The first-order chi connectivity index (χ1) is 14.0. The molecule has 0 bridgehead atoms. The van der Waals surface area contributed by atoms with Gasteiger partial charge in [0.05, 0.1) is 24.3 Å². The Balaban J connectivity index is 1.52. The van der Waals surface area contributed by atoms with Gasteiger partial charge in [-0.2, -0.15) is 0 Å². The molecule has 5 aliphatic heterocycles. The van der Waals surface area contributed by atoms with E-state index in [0.29, 0.717) is 6.04 Å². The number of ether oxygens (including phenoxy) is 2. The molecule has 0 aromatic heterocycles. The molecule has 0 aromatic carbocycles. The van der Waals surface area contributed by atoms with Crippen LogP contribution in [-0.2, 0) is 14.3 Å².